The molecule has 0 radical (unpaired) electrons. The van der Waals surface area contributed by atoms with Gasteiger partial charge in [-0.05, 0) is 133 Å². The molecule has 6 aromatic carbocycles. The maximum atomic E-state index is 9.41. The summed E-state index contributed by atoms with van der Waals surface area (Å²) in [6, 6.07) is 34.5. The van der Waals surface area contributed by atoms with Gasteiger partial charge in [-0.25, -0.2) is 0 Å². The molecule has 1 unspecified atom stereocenters. The van der Waals surface area contributed by atoms with Crippen molar-refractivity contribution in [1.29, 1.82) is 0 Å². The van der Waals surface area contributed by atoms with Crippen LogP contribution < -0.4 is 13.9 Å². The summed E-state index contributed by atoms with van der Waals surface area (Å²) in [6.07, 6.45) is 2.04. The number of fused-ring (bicyclic) bond motifs is 5. The van der Waals surface area contributed by atoms with Crippen molar-refractivity contribution in [3.8, 4) is 67.5 Å². The quantitative estimate of drug-likeness (QED) is 0.146. The smallest absolute Gasteiger partial charge is 0.392 e. The van der Waals surface area contributed by atoms with Crippen molar-refractivity contribution in [3.63, 3.8) is 0 Å². The van der Waals surface area contributed by atoms with Crippen LogP contribution in [0.15, 0.2) is 127 Å². The van der Waals surface area contributed by atoms with E-state index >= 15 is 0 Å². The Morgan fingerprint density at radius 3 is 1.85 bits per heavy atom. The van der Waals surface area contributed by atoms with E-state index < -0.39 is 23.1 Å². The van der Waals surface area contributed by atoms with E-state index in [1.165, 1.54) is 5.56 Å². The highest BCUT2D eigenvalue weighted by atomic mass is 16.5. The number of hydrogen-bond donors (Lipinski definition) is 0. The third kappa shape index (κ3) is 6.30. The monoisotopic (exact) mass is 888 g/mol. The van der Waals surface area contributed by atoms with Gasteiger partial charge < -0.3 is 4.74 Å². The van der Waals surface area contributed by atoms with Gasteiger partial charge in [0.15, 0.2) is 23.0 Å². The molecule has 3 aliphatic heterocycles. The first-order valence-corrected chi connectivity index (χ1v) is 24.2. The third-order valence-electron chi connectivity index (χ3n) is 14.5. The summed E-state index contributed by atoms with van der Waals surface area (Å²) in [5, 5.41) is 0. The molecular weight excluding hydrogens is 815 g/mol. The van der Waals surface area contributed by atoms with Crippen molar-refractivity contribution in [2.24, 2.45) is 0 Å². The number of imidazole rings is 1. The molecular formula is C63H67N3O+2. The van der Waals surface area contributed by atoms with Crippen molar-refractivity contribution >= 4 is 11.0 Å². The molecule has 8 aromatic rings. The average molecular weight is 888 g/mol. The molecule has 0 bridgehead atoms. The molecule has 4 heteroatoms. The van der Waals surface area contributed by atoms with Crippen LogP contribution in [0.1, 0.15) is 168 Å². The minimum Gasteiger partial charge on any atom is -0.392 e. The SMILES string of the molecule is [2H]c1c([2H])c(C(C)(C)C)c([2H])c([2H])c1-c1cc[n+]2c(c1)-c1cc(C(C)(C)C)cc3c1C21Oc2c(cc(C(C)C)cc2C(C)C)-c2n(-c4ccc(-c5c(C([2H])(C)C)cccc5C([2H])(C)C)cc4)c4cccc-3c4[n+]21. The molecule has 0 saturated carbocycles. The lowest BCUT2D eigenvalue weighted by Crippen LogP contribution is -2.78. The molecule has 11 rings (SSSR count). The third-order valence-corrected chi connectivity index (χ3v) is 14.5. The van der Waals surface area contributed by atoms with Crippen LogP contribution in [0.3, 0.4) is 0 Å². The molecule has 1 atom stereocenters. The molecule has 67 heavy (non-hydrogen) atoms. The Bertz CT molecular complexity index is 3630. The zero-order chi connectivity index (χ0) is 52.5. The molecule has 0 N–H and O–H groups in total. The van der Waals surface area contributed by atoms with Gasteiger partial charge in [-0.15, -0.1) is 9.13 Å². The fourth-order valence-corrected chi connectivity index (χ4v) is 10.9. The van der Waals surface area contributed by atoms with Crippen molar-refractivity contribution in [1.82, 2.24) is 4.57 Å². The summed E-state index contributed by atoms with van der Waals surface area (Å²) < 4.78 is 70.7. The minimum absolute atomic E-state index is 0.0181. The highest BCUT2D eigenvalue weighted by molar-refractivity contribution is 5.98. The Morgan fingerprint density at radius 1 is 0.597 bits per heavy atom. The Kier molecular flexibility index (Phi) is 8.17. The van der Waals surface area contributed by atoms with Gasteiger partial charge in [-0.1, -0.05) is 164 Å². The van der Waals surface area contributed by atoms with Gasteiger partial charge in [0.2, 0.25) is 5.69 Å². The average Bonchev–Trinajstić information content (AvgIpc) is 3.80. The van der Waals surface area contributed by atoms with E-state index in [4.69, 9.17) is 4.74 Å². The standard InChI is InChI=1S/C63H67N3O/c1-36(2)43-31-50(39(7)8)59-53(32-43)60-65(46-27-23-41(24-28-46)56-47(37(3)4)17-15-18-48(56)38(5)6)54-20-16-19-49-51-34-45(62(12,13)14)35-52-55-33-42(40-21-25-44(26-22-40)61(9,10)11)29-30-64(55)63(67-59,57(51)52)66(60)58(49)54/h15-39H,1-14H3/q+2/i21D,22D,25D,26D,37D,38D. The summed E-state index contributed by atoms with van der Waals surface area (Å²) in [4.78, 5) is 0. The number of para-hydroxylation sites is 1. The molecule has 2 aromatic heterocycles. The molecule has 0 aliphatic carbocycles. The maximum Gasteiger partial charge on any atom is 0.499 e. The summed E-state index contributed by atoms with van der Waals surface area (Å²) in [7, 11) is 0. The number of nitrogens with zero attached hydrogens (tertiary/aromatic N) is 3. The molecule has 338 valence electrons. The van der Waals surface area contributed by atoms with Crippen LogP contribution in [0.4, 0.5) is 0 Å². The second-order valence-corrected chi connectivity index (χ2v) is 22.3. The van der Waals surface area contributed by atoms with Gasteiger partial charge in [0.25, 0.3) is 0 Å². The van der Waals surface area contributed by atoms with Crippen LogP contribution in [-0.2, 0) is 16.7 Å². The highest BCUT2D eigenvalue weighted by Gasteiger charge is 2.69. The van der Waals surface area contributed by atoms with E-state index in [1.807, 2.05) is 78.9 Å². The summed E-state index contributed by atoms with van der Waals surface area (Å²) in [5.74, 6) is -0.930. The van der Waals surface area contributed by atoms with Gasteiger partial charge in [0.1, 0.15) is 16.8 Å². The van der Waals surface area contributed by atoms with Gasteiger partial charge >= 0.3 is 11.7 Å². The Hall–Kier alpha value is -6.26. The summed E-state index contributed by atoms with van der Waals surface area (Å²) in [5.41, 5.74) is 16.6. The van der Waals surface area contributed by atoms with Crippen LogP contribution in [0, 0.1) is 0 Å². The fourth-order valence-electron chi connectivity index (χ4n) is 10.9. The van der Waals surface area contributed by atoms with Gasteiger partial charge in [0.05, 0.1) is 11.0 Å². The number of aromatic nitrogens is 3. The van der Waals surface area contributed by atoms with Gasteiger partial charge in [-0.3, -0.25) is 0 Å². The molecule has 1 spiro atoms. The highest BCUT2D eigenvalue weighted by Crippen LogP contribution is 2.56. The lowest BCUT2D eigenvalue weighted by Gasteiger charge is -2.34. The number of hydrogen-bond acceptors (Lipinski definition) is 1. The Labute approximate surface area is 407 Å². The summed E-state index contributed by atoms with van der Waals surface area (Å²) >= 11 is 0. The van der Waals surface area contributed by atoms with Gasteiger partial charge in [0, 0.05) is 26.0 Å². The van der Waals surface area contributed by atoms with E-state index in [1.54, 1.807) is 0 Å². The number of rotatable bonds is 7. The lowest BCUT2D eigenvalue weighted by molar-refractivity contribution is -0.997. The first-order valence-electron chi connectivity index (χ1n) is 27.2. The summed E-state index contributed by atoms with van der Waals surface area (Å²) in [6.45, 7) is 29.1. The molecule has 0 saturated heterocycles. The van der Waals surface area contributed by atoms with Crippen LogP contribution in [-0.4, -0.2) is 4.57 Å². The molecule has 0 fully saturated rings. The van der Waals surface area contributed by atoms with Crippen molar-refractivity contribution in [2.75, 3.05) is 0 Å². The topological polar surface area (TPSA) is 21.9 Å². The van der Waals surface area contributed by atoms with Crippen molar-refractivity contribution in [2.45, 2.75) is 137 Å². The molecule has 3 aliphatic rings. The Morgan fingerprint density at radius 2 is 1.24 bits per heavy atom. The zero-order valence-electron chi connectivity index (χ0n) is 47.7. The predicted octanol–water partition coefficient (Wildman–Crippen LogP) is 15.9. The van der Waals surface area contributed by atoms with E-state index in [9.17, 15) is 8.22 Å². The second kappa shape index (κ2) is 14.9. The molecule has 5 heterocycles. The molecule has 0 amide bonds. The normalized spacial score (nSPS) is 17.3. The zero-order valence-corrected chi connectivity index (χ0v) is 41.7. The first kappa shape index (κ1) is 36.8. The fraction of sp³-hybridized carbons (Fsp3) is 0.333. The maximum absolute atomic E-state index is 9.41. The van der Waals surface area contributed by atoms with Crippen LogP contribution in [0.25, 0.3) is 72.7 Å². The second-order valence-electron chi connectivity index (χ2n) is 22.3. The van der Waals surface area contributed by atoms with E-state index in [0.29, 0.717) is 11.1 Å². The van der Waals surface area contributed by atoms with E-state index in [-0.39, 0.29) is 47.0 Å². The number of pyridine rings is 1. The minimum atomic E-state index is -1.27. The number of ether oxygens (including phenoxy) is 1. The van der Waals surface area contributed by atoms with Crippen LogP contribution in [0.2, 0.25) is 0 Å². The van der Waals surface area contributed by atoms with Crippen molar-refractivity contribution < 1.29 is 22.1 Å². The first-order chi connectivity index (χ1) is 34.1. The molecule has 4 nitrogen and oxygen atoms in total. The van der Waals surface area contributed by atoms with Crippen LogP contribution in [0.5, 0.6) is 5.75 Å². The lowest BCUT2D eigenvalue weighted by atomic mass is 9.80. The number of benzene rings is 6. The van der Waals surface area contributed by atoms with Crippen LogP contribution >= 0.6 is 0 Å². The van der Waals surface area contributed by atoms with Gasteiger partial charge in [-0.2, -0.15) is 4.57 Å². The Balaban J connectivity index is 1.27. The largest absolute Gasteiger partial charge is 0.499 e. The van der Waals surface area contributed by atoms with Crippen molar-refractivity contribution in [3.05, 3.63) is 166 Å². The van der Waals surface area contributed by atoms with E-state index in [2.05, 4.69) is 135 Å². The predicted molar refractivity (Wildman–Crippen MR) is 278 cm³/mol. The van der Waals surface area contributed by atoms with E-state index in [0.717, 1.165) is 95.2 Å².